The van der Waals surface area contributed by atoms with Gasteiger partial charge in [0.05, 0.1) is 11.7 Å². The average Bonchev–Trinajstić information content (AvgIpc) is 2.98. The molecule has 0 amide bonds. The Bertz CT molecular complexity index is 599. The summed E-state index contributed by atoms with van der Waals surface area (Å²) >= 11 is 0. The maximum atomic E-state index is 11.7. The minimum absolute atomic E-state index is 0.438. The van der Waals surface area contributed by atoms with Crippen molar-refractivity contribution in [3.8, 4) is 0 Å². The van der Waals surface area contributed by atoms with E-state index in [2.05, 4.69) is 30.3 Å². The summed E-state index contributed by atoms with van der Waals surface area (Å²) in [5.41, 5.74) is 0.621. The molecule has 10 atom stereocenters. The maximum Gasteiger partial charge on any atom is 0.0965 e. The van der Waals surface area contributed by atoms with Crippen LogP contribution in [-0.4, -0.2) is 18.3 Å². The molecular formula is C18H20O2. The Kier molecular flexibility index (Phi) is 1.62. The van der Waals surface area contributed by atoms with Gasteiger partial charge in [-0.2, -0.15) is 0 Å². The third-order valence-electron chi connectivity index (χ3n) is 7.91. The molecule has 20 heavy (non-hydrogen) atoms. The fourth-order valence-electron chi connectivity index (χ4n) is 7.91. The Hall–Kier alpha value is -0.860. The predicted octanol–water partition coefficient (Wildman–Crippen LogP) is 2.28. The van der Waals surface area contributed by atoms with Crippen molar-refractivity contribution in [3.05, 3.63) is 35.9 Å². The van der Waals surface area contributed by atoms with Gasteiger partial charge in [0.15, 0.2) is 0 Å². The highest BCUT2D eigenvalue weighted by Crippen LogP contribution is 2.87. The van der Waals surface area contributed by atoms with Crippen LogP contribution in [0.3, 0.4) is 0 Å². The fraction of sp³-hybridized carbons (Fsp3) is 0.667. The third kappa shape index (κ3) is 0.791. The summed E-state index contributed by atoms with van der Waals surface area (Å²) < 4.78 is 5.89. The highest BCUT2D eigenvalue weighted by atomic mass is 16.5. The number of aliphatic hydroxyl groups is 1. The van der Waals surface area contributed by atoms with E-state index < -0.39 is 5.60 Å². The summed E-state index contributed by atoms with van der Waals surface area (Å²) in [5.74, 6) is 5.52. The summed E-state index contributed by atoms with van der Waals surface area (Å²) in [5, 5.41) is 11.7. The first-order valence-electron chi connectivity index (χ1n) is 8.09. The number of rotatable bonds is 2. The largest absolute Gasteiger partial charge is 0.385 e. The number of benzene rings is 1. The van der Waals surface area contributed by atoms with Gasteiger partial charge in [-0.3, -0.25) is 0 Å². The van der Waals surface area contributed by atoms with Gasteiger partial charge in [-0.25, -0.2) is 0 Å². The highest BCUT2D eigenvalue weighted by Gasteiger charge is 2.87. The quantitative estimate of drug-likeness (QED) is 0.891. The predicted molar refractivity (Wildman–Crippen MR) is 73.7 cm³/mol. The first-order valence-corrected chi connectivity index (χ1v) is 8.09. The molecule has 2 bridgehead atoms. The van der Waals surface area contributed by atoms with E-state index in [0.29, 0.717) is 29.8 Å². The summed E-state index contributed by atoms with van der Waals surface area (Å²) in [4.78, 5) is 0. The minimum atomic E-state index is -0.553. The molecule has 0 saturated heterocycles. The van der Waals surface area contributed by atoms with E-state index in [-0.39, 0.29) is 0 Å². The molecule has 2 heteroatoms. The van der Waals surface area contributed by atoms with Gasteiger partial charge in [-0.15, -0.1) is 0 Å². The van der Waals surface area contributed by atoms with E-state index in [1.54, 1.807) is 0 Å². The Morgan fingerprint density at radius 1 is 1.00 bits per heavy atom. The second-order valence-electron chi connectivity index (χ2n) is 7.82. The second kappa shape index (κ2) is 3.00. The van der Waals surface area contributed by atoms with Crippen LogP contribution < -0.4 is 0 Å². The van der Waals surface area contributed by atoms with Crippen LogP contribution in [0.2, 0.25) is 0 Å². The molecule has 1 N–H and O–H groups in total. The van der Waals surface area contributed by atoms with E-state index in [1.165, 1.54) is 12.0 Å². The summed E-state index contributed by atoms with van der Waals surface area (Å²) in [6.07, 6.45) is 1.81. The van der Waals surface area contributed by atoms with Crippen LogP contribution in [0, 0.1) is 47.3 Å². The number of ether oxygens (including phenoxy) is 1. The third-order valence-corrected chi connectivity index (χ3v) is 7.91. The van der Waals surface area contributed by atoms with Gasteiger partial charge in [0, 0.05) is 18.9 Å². The topological polar surface area (TPSA) is 29.5 Å². The molecule has 0 unspecified atom stereocenters. The lowest BCUT2D eigenvalue weighted by Crippen LogP contribution is -2.57. The first-order chi connectivity index (χ1) is 9.78. The number of methoxy groups -OCH3 is 1. The van der Waals surface area contributed by atoms with Crippen LogP contribution in [0.5, 0.6) is 0 Å². The van der Waals surface area contributed by atoms with Crippen molar-refractivity contribution < 1.29 is 9.84 Å². The van der Waals surface area contributed by atoms with Crippen LogP contribution in [-0.2, 0) is 10.3 Å². The summed E-state index contributed by atoms with van der Waals surface area (Å²) in [6, 6.07) is 10.5. The SMILES string of the molecule is CO[C@H]1[C@H]2[C@H]3[C@@H]4C[C@@H]5[C@H]3[C@@H]2[C@@](O)(c2ccccc2)[C@H]5[C@@H]41. The van der Waals surface area contributed by atoms with Crippen molar-refractivity contribution in [1.82, 2.24) is 0 Å². The normalized spacial score (nSPS) is 63.2. The minimum Gasteiger partial charge on any atom is -0.385 e. The monoisotopic (exact) mass is 268 g/mol. The molecule has 5 fully saturated rings. The van der Waals surface area contributed by atoms with Crippen molar-refractivity contribution >= 4 is 0 Å². The van der Waals surface area contributed by atoms with E-state index in [4.69, 9.17) is 4.74 Å². The van der Waals surface area contributed by atoms with E-state index in [9.17, 15) is 5.11 Å². The zero-order valence-electron chi connectivity index (χ0n) is 11.6. The number of fused-ring (bicyclic) bond motifs is 2. The lowest BCUT2D eigenvalue weighted by Gasteiger charge is -2.54. The molecule has 0 aromatic heterocycles. The highest BCUT2D eigenvalue weighted by molar-refractivity contribution is 5.40. The van der Waals surface area contributed by atoms with Gasteiger partial charge in [0.25, 0.3) is 0 Å². The van der Waals surface area contributed by atoms with Crippen LogP contribution in [0.25, 0.3) is 0 Å². The standard InChI is InChI=1S/C18H20O2/c1-20-17-13-9-7-10-12-11(9)14(17)16(12)18(19,15(10)13)8-5-3-2-4-6-8/h2-6,9-17,19H,7H2,1H3/t9-,10+,11-,12+,13+,14-,15+,16-,17+,18+/m0/s1. The van der Waals surface area contributed by atoms with Crippen molar-refractivity contribution in [3.63, 3.8) is 0 Å². The van der Waals surface area contributed by atoms with Crippen molar-refractivity contribution in [2.45, 2.75) is 18.1 Å². The molecule has 5 aliphatic carbocycles. The molecule has 0 heterocycles. The maximum absolute atomic E-state index is 11.7. The Morgan fingerprint density at radius 3 is 2.55 bits per heavy atom. The van der Waals surface area contributed by atoms with Crippen LogP contribution in [0.1, 0.15) is 12.0 Å². The second-order valence-corrected chi connectivity index (χ2v) is 7.82. The molecule has 104 valence electrons. The zero-order valence-corrected chi connectivity index (χ0v) is 11.6. The lowest BCUT2D eigenvalue weighted by molar-refractivity contribution is -0.183. The lowest BCUT2D eigenvalue weighted by atomic mass is 9.54. The fourth-order valence-corrected chi connectivity index (χ4v) is 7.91. The van der Waals surface area contributed by atoms with Gasteiger partial charge in [0.1, 0.15) is 0 Å². The van der Waals surface area contributed by atoms with Gasteiger partial charge >= 0.3 is 0 Å². The van der Waals surface area contributed by atoms with Crippen molar-refractivity contribution in [2.24, 2.45) is 47.3 Å². The Labute approximate surface area is 119 Å². The van der Waals surface area contributed by atoms with Crippen molar-refractivity contribution in [1.29, 1.82) is 0 Å². The molecule has 6 rings (SSSR count). The summed E-state index contributed by atoms with van der Waals surface area (Å²) in [6.45, 7) is 0. The van der Waals surface area contributed by atoms with Gasteiger partial charge in [-0.05, 0) is 47.5 Å². The van der Waals surface area contributed by atoms with Crippen LogP contribution >= 0.6 is 0 Å². The first kappa shape index (κ1) is 10.8. The Balaban J connectivity index is 1.58. The molecule has 1 aromatic rings. The average molecular weight is 268 g/mol. The molecular weight excluding hydrogens is 248 g/mol. The van der Waals surface area contributed by atoms with Crippen LogP contribution in [0.4, 0.5) is 0 Å². The number of hydrogen-bond acceptors (Lipinski definition) is 2. The molecule has 5 aliphatic rings. The van der Waals surface area contributed by atoms with Crippen LogP contribution in [0.15, 0.2) is 30.3 Å². The molecule has 0 aliphatic heterocycles. The van der Waals surface area contributed by atoms with Gasteiger partial charge < -0.3 is 9.84 Å². The van der Waals surface area contributed by atoms with E-state index in [0.717, 1.165) is 23.7 Å². The molecule has 0 radical (unpaired) electrons. The smallest absolute Gasteiger partial charge is 0.0965 e. The molecule has 5 saturated carbocycles. The van der Waals surface area contributed by atoms with Gasteiger partial charge in [0.2, 0.25) is 0 Å². The van der Waals surface area contributed by atoms with Gasteiger partial charge in [-0.1, -0.05) is 30.3 Å². The molecule has 2 nitrogen and oxygen atoms in total. The number of hydrogen-bond donors (Lipinski definition) is 1. The Morgan fingerprint density at radius 2 is 1.80 bits per heavy atom. The summed E-state index contributed by atoms with van der Waals surface area (Å²) in [7, 11) is 1.89. The molecule has 0 spiro atoms. The van der Waals surface area contributed by atoms with Crippen molar-refractivity contribution in [2.75, 3.05) is 7.11 Å². The van der Waals surface area contributed by atoms with E-state index >= 15 is 0 Å². The zero-order chi connectivity index (χ0) is 13.2. The van der Waals surface area contributed by atoms with E-state index in [1.807, 2.05) is 7.11 Å². The molecule has 1 aromatic carbocycles.